The van der Waals surface area contributed by atoms with Gasteiger partial charge in [0.2, 0.25) is 0 Å². The standard InChI is InChI=1S/C12H12BrClN2O2S/c1-6(2)9-10(14)15-12(18)16(11(9)17)5-8-7(13)3-4-19-8/h3-4,6H,5H2,1-2H3,(H,15,18). The van der Waals surface area contributed by atoms with Gasteiger partial charge in [-0.15, -0.1) is 11.3 Å². The fourth-order valence-electron chi connectivity index (χ4n) is 1.79. The number of H-pyrrole nitrogens is 1. The summed E-state index contributed by atoms with van der Waals surface area (Å²) in [7, 11) is 0. The highest BCUT2D eigenvalue weighted by Crippen LogP contribution is 2.23. The summed E-state index contributed by atoms with van der Waals surface area (Å²) >= 11 is 10.8. The number of aromatic amines is 1. The second-order valence-corrected chi connectivity index (χ2v) is 6.63. The second-order valence-electron chi connectivity index (χ2n) is 4.40. The largest absolute Gasteiger partial charge is 0.329 e. The highest BCUT2D eigenvalue weighted by atomic mass is 79.9. The molecule has 0 aliphatic heterocycles. The summed E-state index contributed by atoms with van der Waals surface area (Å²) < 4.78 is 2.07. The van der Waals surface area contributed by atoms with Gasteiger partial charge in [-0.1, -0.05) is 25.4 Å². The van der Waals surface area contributed by atoms with Gasteiger partial charge in [-0.05, 0) is 33.3 Å². The van der Waals surface area contributed by atoms with Crippen molar-refractivity contribution in [2.75, 3.05) is 0 Å². The molecule has 2 heterocycles. The molecule has 0 bridgehead atoms. The highest BCUT2D eigenvalue weighted by molar-refractivity contribution is 9.10. The quantitative estimate of drug-likeness (QED) is 0.852. The van der Waals surface area contributed by atoms with Crippen LogP contribution in [0.25, 0.3) is 0 Å². The van der Waals surface area contributed by atoms with Gasteiger partial charge < -0.3 is 0 Å². The van der Waals surface area contributed by atoms with Crippen molar-refractivity contribution in [1.82, 2.24) is 9.55 Å². The molecular formula is C12H12BrClN2O2S. The van der Waals surface area contributed by atoms with Crippen LogP contribution in [0.2, 0.25) is 5.15 Å². The molecule has 1 N–H and O–H groups in total. The Balaban J connectivity index is 2.58. The number of thiophene rings is 1. The molecule has 2 rings (SSSR count). The lowest BCUT2D eigenvalue weighted by atomic mass is 10.1. The zero-order valence-electron chi connectivity index (χ0n) is 10.4. The van der Waals surface area contributed by atoms with Crippen molar-refractivity contribution in [3.05, 3.63) is 52.4 Å². The first-order chi connectivity index (χ1) is 8.91. The Kier molecular flexibility index (Phi) is 4.32. The summed E-state index contributed by atoms with van der Waals surface area (Å²) in [6.45, 7) is 3.97. The van der Waals surface area contributed by atoms with Crippen LogP contribution >= 0.6 is 38.9 Å². The molecule has 0 radical (unpaired) electrons. The Labute approximate surface area is 127 Å². The molecule has 102 valence electrons. The van der Waals surface area contributed by atoms with Crippen molar-refractivity contribution >= 4 is 38.9 Å². The van der Waals surface area contributed by atoms with Gasteiger partial charge in [0.1, 0.15) is 5.15 Å². The number of hydrogen-bond acceptors (Lipinski definition) is 3. The molecule has 7 heteroatoms. The predicted molar refractivity (Wildman–Crippen MR) is 81.5 cm³/mol. The maximum Gasteiger partial charge on any atom is 0.329 e. The predicted octanol–water partition coefficient (Wildman–Crippen LogP) is 3.19. The number of halogens is 2. The Morgan fingerprint density at radius 1 is 1.47 bits per heavy atom. The van der Waals surface area contributed by atoms with Gasteiger partial charge in [0.05, 0.1) is 12.1 Å². The van der Waals surface area contributed by atoms with Crippen LogP contribution in [0.15, 0.2) is 25.5 Å². The molecule has 0 spiro atoms. The van der Waals surface area contributed by atoms with E-state index in [0.717, 1.165) is 9.35 Å². The molecular weight excluding hydrogens is 352 g/mol. The van der Waals surface area contributed by atoms with E-state index in [4.69, 9.17) is 11.6 Å². The van der Waals surface area contributed by atoms with Crippen LogP contribution < -0.4 is 11.2 Å². The van der Waals surface area contributed by atoms with E-state index in [-0.39, 0.29) is 23.2 Å². The molecule has 2 aromatic rings. The smallest absolute Gasteiger partial charge is 0.297 e. The molecule has 2 aromatic heterocycles. The fourth-order valence-corrected chi connectivity index (χ4v) is 3.63. The van der Waals surface area contributed by atoms with Crippen LogP contribution in [0, 0.1) is 0 Å². The summed E-state index contributed by atoms with van der Waals surface area (Å²) in [5.41, 5.74) is -0.377. The lowest BCUT2D eigenvalue weighted by Gasteiger charge is -2.10. The third-order valence-electron chi connectivity index (χ3n) is 2.74. The van der Waals surface area contributed by atoms with Crippen molar-refractivity contribution < 1.29 is 0 Å². The summed E-state index contributed by atoms with van der Waals surface area (Å²) in [5.74, 6) is -0.0464. The van der Waals surface area contributed by atoms with Crippen LogP contribution in [0.5, 0.6) is 0 Å². The summed E-state index contributed by atoms with van der Waals surface area (Å²) in [5, 5.41) is 2.03. The minimum atomic E-state index is -0.486. The number of nitrogens with one attached hydrogen (secondary N) is 1. The molecule has 0 amide bonds. The van der Waals surface area contributed by atoms with E-state index >= 15 is 0 Å². The van der Waals surface area contributed by atoms with Crippen molar-refractivity contribution in [3.63, 3.8) is 0 Å². The monoisotopic (exact) mass is 362 g/mol. The molecule has 0 aliphatic carbocycles. The first-order valence-corrected chi connectivity index (χ1v) is 7.71. The van der Waals surface area contributed by atoms with E-state index in [9.17, 15) is 9.59 Å². The molecule has 19 heavy (non-hydrogen) atoms. The van der Waals surface area contributed by atoms with Crippen LogP contribution in [-0.4, -0.2) is 9.55 Å². The molecule has 0 aromatic carbocycles. The number of rotatable bonds is 3. The van der Waals surface area contributed by atoms with Crippen molar-refractivity contribution in [3.8, 4) is 0 Å². The molecule has 0 unspecified atom stereocenters. The maximum atomic E-state index is 12.3. The van der Waals surface area contributed by atoms with E-state index in [0.29, 0.717) is 5.56 Å². The fraction of sp³-hybridized carbons (Fsp3) is 0.333. The summed E-state index contributed by atoms with van der Waals surface area (Å²) in [4.78, 5) is 27.7. The summed E-state index contributed by atoms with van der Waals surface area (Å²) in [6, 6.07) is 1.89. The van der Waals surface area contributed by atoms with Gasteiger partial charge in [-0.2, -0.15) is 0 Å². The van der Waals surface area contributed by atoms with Crippen molar-refractivity contribution in [1.29, 1.82) is 0 Å². The first kappa shape index (κ1) is 14.6. The lowest BCUT2D eigenvalue weighted by molar-refractivity contribution is 0.675. The third-order valence-corrected chi connectivity index (χ3v) is 4.95. The van der Waals surface area contributed by atoms with Crippen LogP contribution in [0.4, 0.5) is 0 Å². The van der Waals surface area contributed by atoms with Gasteiger partial charge >= 0.3 is 5.69 Å². The topological polar surface area (TPSA) is 54.9 Å². The summed E-state index contributed by atoms with van der Waals surface area (Å²) in [6.07, 6.45) is 0. The van der Waals surface area contributed by atoms with Gasteiger partial charge in [-0.25, -0.2) is 4.79 Å². The number of hydrogen-bond donors (Lipinski definition) is 1. The van der Waals surface area contributed by atoms with Crippen LogP contribution in [-0.2, 0) is 6.54 Å². The van der Waals surface area contributed by atoms with Crippen molar-refractivity contribution in [2.24, 2.45) is 0 Å². The lowest BCUT2D eigenvalue weighted by Crippen LogP contribution is -2.38. The van der Waals surface area contributed by atoms with Gasteiger partial charge in [0, 0.05) is 9.35 Å². The van der Waals surface area contributed by atoms with E-state index in [1.165, 1.54) is 15.9 Å². The minimum absolute atomic E-state index is 0.0464. The Morgan fingerprint density at radius 3 is 2.68 bits per heavy atom. The van der Waals surface area contributed by atoms with E-state index in [2.05, 4.69) is 20.9 Å². The SMILES string of the molecule is CC(C)c1c(Cl)[nH]c(=O)n(Cc2sccc2Br)c1=O. The zero-order chi connectivity index (χ0) is 14.2. The molecule has 0 saturated carbocycles. The van der Waals surface area contributed by atoms with E-state index in [1.807, 2.05) is 25.3 Å². The molecule has 0 fully saturated rings. The van der Waals surface area contributed by atoms with Gasteiger partial charge in [0.15, 0.2) is 0 Å². The zero-order valence-corrected chi connectivity index (χ0v) is 13.5. The first-order valence-electron chi connectivity index (χ1n) is 5.66. The normalized spacial score (nSPS) is 11.2. The minimum Gasteiger partial charge on any atom is -0.297 e. The molecule has 0 aliphatic rings. The average molecular weight is 364 g/mol. The molecule has 4 nitrogen and oxygen atoms in total. The Bertz CT molecular complexity index is 717. The van der Waals surface area contributed by atoms with Gasteiger partial charge in [-0.3, -0.25) is 14.3 Å². The van der Waals surface area contributed by atoms with E-state index in [1.54, 1.807) is 0 Å². The van der Waals surface area contributed by atoms with Gasteiger partial charge in [0.25, 0.3) is 5.56 Å². The maximum absolute atomic E-state index is 12.3. The van der Waals surface area contributed by atoms with Crippen molar-refractivity contribution in [2.45, 2.75) is 26.3 Å². The number of aromatic nitrogens is 2. The number of nitrogens with zero attached hydrogens (tertiary/aromatic N) is 1. The van der Waals surface area contributed by atoms with Crippen LogP contribution in [0.1, 0.15) is 30.2 Å². The van der Waals surface area contributed by atoms with E-state index < -0.39 is 5.69 Å². The molecule has 0 atom stereocenters. The highest BCUT2D eigenvalue weighted by Gasteiger charge is 2.16. The molecule has 0 saturated heterocycles. The second kappa shape index (κ2) is 5.64. The Hall–Kier alpha value is -0.850. The third kappa shape index (κ3) is 2.85. The average Bonchev–Trinajstić information content (AvgIpc) is 2.69. The van der Waals surface area contributed by atoms with Crippen LogP contribution in [0.3, 0.4) is 0 Å². The Morgan fingerprint density at radius 2 is 2.16 bits per heavy atom.